The van der Waals surface area contributed by atoms with E-state index in [1.54, 1.807) is 0 Å². The van der Waals surface area contributed by atoms with Gasteiger partial charge in [-0.1, -0.05) is 11.6 Å². The van der Waals surface area contributed by atoms with Crippen LogP contribution < -0.4 is 10.3 Å². The summed E-state index contributed by atoms with van der Waals surface area (Å²) in [6, 6.07) is 4.86. The van der Waals surface area contributed by atoms with E-state index in [0.29, 0.717) is 10.7 Å². The van der Waals surface area contributed by atoms with Gasteiger partial charge in [-0.05, 0) is 24.3 Å². The van der Waals surface area contributed by atoms with Crippen molar-refractivity contribution in [3.8, 4) is 0 Å². The highest BCUT2D eigenvalue weighted by Gasteiger charge is 2.55. The first-order chi connectivity index (χ1) is 11.4. The maximum absolute atomic E-state index is 12.7. The van der Waals surface area contributed by atoms with Crippen LogP contribution in [0.5, 0.6) is 0 Å². The summed E-state index contributed by atoms with van der Waals surface area (Å²) in [5.74, 6) is -2.68. The predicted molar refractivity (Wildman–Crippen MR) is 82.4 cm³/mol. The Hall–Kier alpha value is -2.87. The fourth-order valence-electron chi connectivity index (χ4n) is 2.66. The van der Waals surface area contributed by atoms with E-state index in [9.17, 15) is 19.2 Å². The average Bonchev–Trinajstić information content (AvgIpc) is 3.06. The molecule has 24 heavy (non-hydrogen) atoms. The van der Waals surface area contributed by atoms with Crippen LogP contribution in [0.4, 0.5) is 5.69 Å². The van der Waals surface area contributed by atoms with Crippen LogP contribution in [0.15, 0.2) is 35.5 Å². The molecule has 1 aromatic carbocycles. The van der Waals surface area contributed by atoms with Crippen molar-refractivity contribution < 1.29 is 23.9 Å². The third-order valence-corrected chi connectivity index (χ3v) is 3.99. The van der Waals surface area contributed by atoms with Gasteiger partial charge in [0.25, 0.3) is 11.8 Å². The van der Waals surface area contributed by atoms with Gasteiger partial charge in [-0.3, -0.25) is 19.8 Å². The fraction of sp³-hybridized carbons (Fsp3) is 0.200. The fourth-order valence-corrected chi connectivity index (χ4v) is 2.79. The molecule has 0 spiro atoms. The van der Waals surface area contributed by atoms with Gasteiger partial charge in [0.1, 0.15) is 0 Å². The summed E-state index contributed by atoms with van der Waals surface area (Å²) >= 11 is 5.81. The number of fused-ring (bicyclic) bond motifs is 1. The number of methoxy groups -OCH3 is 1. The Morgan fingerprint density at radius 1 is 1.21 bits per heavy atom. The molecule has 1 fully saturated rings. The summed E-state index contributed by atoms with van der Waals surface area (Å²) in [4.78, 5) is 50.0. The molecule has 0 aliphatic carbocycles. The van der Waals surface area contributed by atoms with Crippen molar-refractivity contribution in [3.63, 3.8) is 0 Å². The van der Waals surface area contributed by atoms with E-state index in [1.807, 2.05) is 0 Å². The molecule has 9 heteroatoms. The van der Waals surface area contributed by atoms with Crippen LogP contribution in [0.2, 0.25) is 5.02 Å². The molecular weight excluding hydrogens is 338 g/mol. The monoisotopic (exact) mass is 349 g/mol. The highest BCUT2D eigenvalue weighted by molar-refractivity contribution is 6.34. The number of hydrazine groups is 1. The van der Waals surface area contributed by atoms with E-state index >= 15 is 0 Å². The van der Waals surface area contributed by atoms with E-state index in [4.69, 9.17) is 11.6 Å². The number of rotatable bonds is 2. The molecule has 1 atom stereocenters. The smallest absolute Gasteiger partial charge is 0.356 e. The first-order valence-electron chi connectivity index (χ1n) is 6.89. The first-order valence-corrected chi connectivity index (χ1v) is 7.27. The van der Waals surface area contributed by atoms with Gasteiger partial charge in [0.15, 0.2) is 11.7 Å². The second-order valence-corrected chi connectivity index (χ2v) is 5.58. The molecule has 124 valence electrons. The number of anilines is 1. The number of ether oxygens (including phenoxy) is 1. The zero-order valence-corrected chi connectivity index (χ0v) is 13.5. The lowest BCUT2D eigenvalue weighted by Crippen LogP contribution is -2.48. The molecule has 1 saturated heterocycles. The maximum Gasteiger partial charge on any atom is 0.356 e. The molecule has 8 nitrogen and oxygen atoms in total. The molecule has 0 saturated carbocycles. The van der Waals surface area contributed by atoms with E-state index < -0.39 is 29.7 Å². The highest BCUT2D eigenvalue weighted by Crippen LogP contribution is 2.34. The van der Waals surface area contributed by atoms with Crippen molar-refractivity contribution in [2.75, 3.05) is 12.0 Å². The molecule has 3 rings (SSSR count). The normalized spacial score (nSPS) is 19.5. The zero-order valence-electron chi connectivity index (χ0n) is 12.7. The number of imide groups is 1. The highest BCUT2D eigenvalue weighted by atomic mass is 35.5. The topological polar surface area (TPSA) is 96.0 Å². The number of carbonyl (C=O) groups is 4. The number of nitrogens with zero attached hydrogens (tertiary/aromatic N) is 2. The molecular formula is C15H12ClN3O5. The minimum Gasteiger partial charge on any atom is -0.464 e. The van der Waals surface area contributed by atoms with E-state index in [-0.39, 0.29) is 11.3 Å². The standard InChI is InChI=1S/C15H12ClN3O5/c1-7(20)19-12-10(11(17-19)15(23)24-2)13(21)18(14(12)22)9-5-3-8(16)4-6-9/h3-6,12,17H,1-2H3. The van der Waals surface area contributed by atoms with E-state index in [1.165, 1.54) is 31.2 Å². The van der Waals surface area contributed by atoms with Crippen LogP contribution in [0, 0.1) is 0 Å². The van der Waals surface area contributed by atoms with Crippen molar-refractivity contribution in [1.82, 2.24) is 10.4 Å². The largest absolute Gasteiger partial charge is 0.464 e. The van der Waals surface area contributed by atoms with Crippen molar-refractivity contribution in [2.24, 2.45) is 0 Å². The minimum absolute atomic E-state index is 0.114. The lowest BCUT2D eigenvalue weighted by molar-refractivity contribution is -0.140. The summed E-state index contributed by atoms with van der Waals surface area (Å²) in [6.07, 6.45) is 0. The van der Waals surface area contributed by atoms with Crippen molar-refractivity contribution in [3.05, 3.63) is 40.6 Å². The molecule has 2 aliphatic rings. The number of nitrogens with one attached hydrogen (secondary N) is 1. The lowest BCUT2D eigenvalue weighted by Gasteiger charge is -2.22. The number of hydrogen-bond acceptors (Lipinski definition) is 6. The van der Waals surface area contributed by atoms with E-state index in [0.717, 1.165) is 17.0 Å². The number of benzene rings is 1. The SMILES string of the molecule is COC(=O)C1=C2C(=O)N(c3ccc(Cl)cc3)C(=O)C2N(C(C)=O)N1. The van der Waals surface area contributed by atoms with Gasteiger partial charge in [0.2, 0.25) is 5.91 Å². The Labute approximate surface area is 141 Å². The third-order valence-electron chi connectivity index (χ3n) is 3.73. The quantitative estimate of drug-likeness (QED) is 0.612. The average molecular weight is 350 g/mol. The second-order valence-electron chi connectivity index (χ2n) is 5.14. The zero-order chi connectivity index (χ0) is 17.6. The Morgan fingerprint density at radius 2 is 1.83 bits per heavy atom. The number of amides is 3. The number of carbonyl (C=O) groups excluding carboxylic acids is 4. The van der Waals surface area contributed by atoms with Crippen molar-refractivity contribution >= 4 is 41.0 Å². The summed E-state index contributed by atoms with van der Waals surface area (Å²) in [7, 11) is 1.14. The van der Waals surface area contributed by atoms with Crippen LogP contribution in [0.1, 0.15) is 6.92 Å². The maximum atomic E-state index is 12.7. The number of halogens is 1. The Bertz CT molecular complexity index is 802. The van der Waals surface area contributed by atoms with Gasteiger partial charge in [-0.15, -0.1) is 0 Å². The number of esters is 1. The van der Waals surface area contributed by atoms with Gasteiger partial charge < -0.3 is 4.74 Å². The molecule has 1 aromatic rings. The third kappa shape index (κ3) is 2.23. The van der Waals surface area contributed by atoms with Crippen molar-refractivity contribution in [2.45, 2.75) is 13.0 Å². The van der Waals surface area contributed by atoms with Crippen LogP contribution in [0.25, 0.3) is 0 Å². The Morgan fingerprint density at radius 3 is 2.38 bits per heavy atom. The molecule has 2 aliphatic heterocycles. The van der Waals surface area contributed by atoms with Crippen molar-refractivity contribution in [1.29, 1.82) is 0 Å². The Kier molecular flexibility index (Phi) is 3.76. The minimum atomic E-state index is -1.21. The van der Waals surface area contributed by atoms with Crippen LogP contribution in [0.3, 0.4) is 0 Å². The van der Waals surface area contributed by atoms with Gasteiger partial charge >= 0.3 is 5.97 Å². The molecule has 3 amide bonds. The summed E-state index contributed by atoms with van der Waals surface area (Å²) in [6.45, 7) is 1.22. The summed E-state index contributed by atoms with van der Waals surface area (Å²) in [5, 5.41) is 1.39. The predicted octanol–water partition coefficient (Wildman–Crippen LogP) is 0.376. The molecule has 1 N–H and O–H groups in total. The van der Waals surface area contributed by atoms with E-state index in [2.05, 4.69) is 10.2 Å². The van der Waals surface area contributed by atoms with Gasteiger partial charge in [0, 0.05) is 11.9 Å². The summed E-state index contributed by atoms with van der Waals surface area (Å²) < 4.78 is 4.61. The summed E-state index contributed by atoms with van der Waals surface area (Å²) in [5.41, 5.74) is 2.45. The molecule has 1 unspecified atom stereocenters. The van der Waals surface area contributed by atoms with Crippen LogP contribution in [-0.4, -0.2) is 41.9 Å². The van der Waals surface area contributed by atoms with Crippen LogP contribution in [-0.2, 0) is 23.9 Å². The molecule has 0 radical (unpaired) electrons. The molecule has 0 bridgehead atoms. The van der Waals surface area contributed by atoms with Gasteiger partial charge in [-0.2, -0.15) is 0 Å². The number of hydrogen-bond donors (Lipinski definition) is 1. The van der Waals surface area contributed by atoms with Gasteiger partial charge in [0.05, 0.1) is 18.4 Å². The van der Waals surface area contributed by atoms with Crippen LogP contribution >= 0.6 is 11.6 Å². The first kappa shape index (κ1) is 16.0. The lowest BCUT2D eigenvalue weighted by atomic mass is 10.1. The molecule has 0 aromatic heterocycles. The molecule has 2 heterocycles. The van der Waals surface area contributed by atoms with Gasteiger partial charge in [-0.25, -0.2) is 14.7 Å². The Balaban J connectivity index is 2.11. The second kappa shape index (κ2) is 5.64.